The van der Waals surface area contributed by atoms with Gasteiger partial charge in [-0.05, 0) is 24.3 Å². The monoisotopic (exact) mass is 332 g/mol. The van der Waals surface area contributed by atoms with Gasteiger partial charge in [0.2, 0.25) is 0 Å². The first kappa shape index (κ1) is 17.1. The lowest BCUT2D eigenvalue weighted by Crippen LogP contribution is -2.60. The van der Waals surface area contributed by atoms with Gasteiger partial charge in [0.25, 0.3) is 0 Å². The lowest BCUT2D eigenvalue weighted by molar-refractivity contribution is -0.293. The third-order valence-corrected chi connectivity index (χ3v) is 3.63. The molecule has 0 aliphatic carbocycles. The van der Waals surface area contributed by atoms with E-state index in [1.54, 1.807) is 0 Å². The van der Waals surface area contributed by atoms with E-state index >= 15 is 0 Å². The average molecular weight is 333 g/mol. The van der Waals surface area contributed by atoms with Gasteiger partial charge in [-0.3, -0.25) is 0 Å². The fraction of sp³-hybridized carbons (Fsp3) is 0.500. The highest BCUT2D eigenvalue weighted by atomic mass is 35.5. The first-order valence-electron chi connectivity index (χ1n) is 6.59. The number of halogens is 1. The Kier molecular flexibility index (Phi) is 5.74. The van der Waals surface area contributed by atoms with E-state index in [0.29, 0.717) is 5.02 Å². The van der Waals surface area contributed by atoms with Gasteiger partial charge in [-0.15, -0.1) is 0 Å². The molecule has 2 rings (SSSR count). The summed E-state index contributed by atoms with van der Waals surface area (Å²) >= 11 is 5.74. The Morgan fingerprint density at radius 1 is 1.27 bits per heavy atom. The molecule has 22 heavy (non-hydrogen) atoms. The van der Waals surface area contributed by atoms with Crippen molar-refractivity contribution in [3.05, 3.63) is 34.9 Å². The topological polar surface area (TPSA) is 105 Å². The van der Waals surface area contributed by atoms with Crippen molar-refractivity contribution >= 4 is 17.6 Å². The van der Waals surface area contributed by atoms with Crippen LogP contribution in [0.3, 0.4) is 0 Å². The molecule has 122 valence electrons. The van der Waals surface area contributed by atoms with E-state index in [2.05, 4.69) is 0 Å². The molecule has 0 unspecified atom stereocenters. The molecule has 8 heteroatoms. The normalized spacial score (nSPS) is 31.8. The van der Waals surface area contributed by atoms with Crippen LogP contribution in [0.15, 0.2) is 24.3 Å². The van der Waals surface area contributed by atoms with Crippen LogP contribution in [-0.2, 0) is 14.2 Å². The van der Waals surface area contributed by atoms with Gasteiger partial charge in [0.05, 0.1) is 12.2 Å². The van der Waals surface area contributed by atoms with Crippen LogP contribution in [-0.4, -0.2) is 65.7 Å². The number of aliphatic hydroxyl groups excluding tert-OH is 3. The molecule has 1 heterocycles. The van der Waals surface area contributed by atoms with E-state index in [9.17, 15) is 15.0 Å². The van der Waals surface area contributed by atoms with Gasteiger partial charge in [-0.1, -0.05) is 11.6 Å². The summed E-state index contributed by atoms with van der Waals surface area (Å²) in [6.07, 6.45) is -6.21. The Hall–Kier alpha value is -1.22. The smallest absolute Gasteiger partial charge is 0.338 e. The Bertz CT molecular complexity index is 504. The maximum Gasteiger partial charge on any atom is 0.338 e. The molecular formula is C14H17ClO7. The Balaban J connectivity index is 2.12. The Labute approximate surface area is 132 Å². The fourth-order valence-electron chi connectivity index (χ4n) is 2.15. The van der Waals surface area contributed by atoms with Crippen molar-refractivity contribution in [1.29, 1.82) is 0 Å². The number of carbonyl (C=O) groups excluding carboxylic acids is 1. The lowest BCUT2D eigenvalue weighted by atomic mass is 9.99. The maximum atomic E-state index is 12.1. The first-order chi connectivity index (χ1) is 10.5. The summed E-state index contributed by atoms with van der Waals surface area (Å²) in [6.45, 7) is -0.504. The molecular weight excluding hydrogens is 316 g/mol. The zero-order chi connectivity index (χ0) is 16.3. The molecule has 0 bridgehead atoms. The summed E-state index contributed by atoms with van der Waals surface area (Å²) in [4.78, 5) is 12.1. The molecule has 0 aromatic heterocycles. The third-order valence-electron chi connectivity index (χ3n) is 3.38. The second-order valence-electron chi connectivity index (χ2n) is 4.82. The van der Waals surface area contributed by atoms with Crippen molar-refractivity contribution in [1.82, 2.24) is 0 Å². The van der Waals surface area contributed by atoms with Gasteiger partial charge in [-0.2, -0.15) is 0 Å². The lowest BCUT2D eigenvalue weighted by Gasteiger charge is -2.40. The van der Waals surface area contributed by atoms with Crippen LogP contribution < -0.4 is 0 Å². The average Bonchev–Trinajstić information content (AvgIpc) is 2.52. The van der Waals surface area contributed by atoms with Crippen molar-refractivity contribution in [2.45, 2.75) is 30.7 Å². The minimum atomic E-state index is -1.45. The van der Waals surface area contributed by atoms with Gasteiger partial charge in [0.1, 0.15) is 18.3 Å². The molecule has 1 saturated heterocycles. The van der Waals surface area contributed by atoms with E-state index in [1.807, 2.05) is 0 Å². The molecule has 0 amide bonds. The fourth-order valence-corrected chi connectivity index (χ4v) is 2.28. The standard InChI is InChI=1S/C14H17ClO7/c1-20-14-12(11(18)10(17)9(6-16)21-14)22-13(19)7-2-4-8(15)5-3-7/h2-5,9-12,14,16-18H,6H2,1H3/t9-,10-,11+,12-,14+/m1/s1. The molecule has 3 N–H and O–H groups in total. The SMILES string of the molecule is CO[C@H]1O[C@H](CO)[C@@H](O)[C@H](O)[C@H]1OC(=O)c1ccc(Cl)cc1. The van der Waals surface area contributed by atoms with Crippen LogP contribution in [0, 0.1) is 0 Å². The van der Waals surface area contributed by atoms with Gasteiger partial charge in [0.15, 0.2) is 12.4 Å². The molecule has 1 aliphatic rings. The zero-order valence-corrected chi connectivity index (χ0v) is 12.5. The maximum absolute atomic E-state index is 12.1. The van der Waals surface area contributed by atoms with Crippen molar-refractivity contribution < 1.29 is 34.3 Å². The van der Waals surface area contributed by atoms with Crippen LogP contribution in [0.2, 0.25) is 5.02 Å². The number of benzene rings is 1. The van der Waals surface area contributed by atoms with Gasteiger partial charge in [-0.25, -0.2) is 4.79 Å². The van der Waals surface area contributed by atoms with Crippen LogP contribution in [0.1, 0.15) is 10.4 Å². The van der Waals surface area contributed by atoms with Crippen molar-refractivity contribution in [3.63, 3.8) is 0 Å². The predicted molar refractivity (Wildman–Crippen MR) is 75.4 cm³/mol. The van der Waals surface area contributed by atoms with Crippen LogP contribution >= 0.6 is 11.6 Å². The highest BCUT2D eigenvalue weighted by Gasteiger charge is 2.46. The molecule has 1 aromatic carbocycles. The minimum absolute atomic E-state index is 0.227. The molecule has 0 radical (unpaired) electrons. The summed E-state index contributed by atoms with van der Waals surface area (Å²) < 4.78 is 15.4. The second-order valence-corrected chi connectivity index (χ2v) is 5.26. The van der Waals surface area contributed by atoms with Crippen molar-refractivity contribution in [2.24, 2.45) is 0 Å². The molecule has 1 fully saturated rings. The van der Waals surface area contributed by atoms with E-state index in [-0.39, 0.29) is 5.56 Å². The third kappa shape index (κ3) is 3.57. The Morgan fingerprint density at radius 2 is 1.91 bits per heavy atom. The van der Waals surface area contributed by atoms with Crippen LogP contribution in [0.25, 0.3) is 0 Å². The molecule has 7 nitrogen and oxygen atoms in total. The number of aliphatic hydroxyl groups is 3. The minimum Gasteiger partial charge on any atom is -0.450 e. The summed E-state index contributed by atoms with van der Waals surface area (Å²) in [5.74, 6) is -0.721. The van der Waals surface area contributed by atoms with Crippen LogP contribution in [0.5, 0.6) is 0 Å². The summed E-state index contributed by atoms with van der Waals surface area (Å²) in [5, 5.41) is 29.5. The quantitative estimate of drug-likeness (QED) is 0.664. The molecule has 1 aromatic rings. The number of esters is 1. The Morgan fingerprint density at radius 3 is 2.45 bits per heavy atom. The van der Waals surface area contributed by atoms with Crippen molar-refractivity contribution in [2.75, 3.05) is 13.7 Å². The molecule has 0 spiro atoms. The predicted octanol–water partition coefficient (Wildman–Crippen LogP) is -0.0492. The van der Waals surface area contributed by atoms with Gasteiger partial charge in [0, 0.05) is 12.1 Å². The molecule has 1 aliphatic heterocycles. The van der Waals surface area contributed by atoms with Crippen LogP contribution in [0.4, 0.5) is 0 Å². The molecule has 0 saturated carbocycles. The van der Waals surface area contributed by atoms with Gasteiger partial charge < -0.3 is 29.5 Å². The summed E-state index contributed by atoms with van der Waals surface area (Å²) in [5.41, 5.74) is 0.227. The number of rotatable bonds is 4. The largest absolute Gasteiger partial charge is 0.450 e. The second kappa shape index (κ2) is 7.36. The van der Waals surface area contributed by atoms with E-state index in [1.165, 1.54) is 31.4 Å². The first-order valence-corrected chi connectivity index (χ1v) is 6.97. The number of methoxy groups -OCH3 is 1. The highest BCUT2D eigenvalue weighted by molar-refractivity contribution is 6.30. The zero-order valence-electron chi connectivity index (χ0n) is 11.8. The van der Waals surface area contributed by atoms with Gasteiger partial charge >= 0.3 is 5.97 Å². The van der Waals surface area contributed by atoms with Crippen molar-refractivity contribution in [3.8, 4) is 0 Å². The van der Waals surface area contributed by atoms with E-state index in [0.717, 1.165) is 0 Å². The summed E-state index contributed by atoms with van der Waals surface area (Å²) in [6, 6.07) is 5.98. The number of ether oxygens (including phenoxy) is 3. The number of carbonyl (C=O) groups is 1. The number of hydrogen-bond donors (Lipinski definition) is 3. The van der Waals surface area contributed by atoms with E-state index < -0.39 is 43.3 Å². The summed E-state index contributed by atoms with van der Waals surface area (Å²) in [7, 11) is 1.30. The molecule has 5 atom stereocenters. The van der Waals surface area contributed by atoms with E-state index in [4.69, 9.17) is 30.9 Å². The highest BCUT2D eigenvalue weighted by Crippen LogP contribution is 2.25. The number of hydrogen-bond acceptors (Lipinski definition) is 7.